The lowest BCUT2D eigenvalue weighted by atomic mass is 10.2. The largest absolute Gasteiger partial charge is 0.323 e. The highest BCUT2D eigenvalue weighted by molar-refractivity contribution is 6.33. The average molecular weight is 224 g/mol. The second-order valence-corrected chi connectivity index (χ2v) is 3.49. The first kappa shape index (κ1) is 11.5. The molecule has 0 saturated heterocycles. The molecule has 0 spiro atoms. The summed E-state index contributed by atoms with van der Waals surface area (Å²) in [7, 11) is 0. The van der Waals surface area contributed by atoms with Crippen LogP contribution in [0, 0.1) is 11.3 Å². The summed E-state index contributed by atoms with van der Waals surface area (Å²) in [5.74, 6) is -0.341. The second kappa shape index (κ2) is 4.78. The Kier molecular flexibility index (Phi) is 3.67. The summed E-state index contributed by atoms with van der Waals surface area (Å²) in [5, 5.41) is 11.6. The van der Waals surface area contributed by atoms with Crippen LogP contribution in [0.3, 0.4) is 0 Å². The zero-order valence-corrected chi connectivity index (χ0v) is 8.88. The van der Waals surface area contributed by atoms with Gasteiger partial charge in [-0.25, -0.2) is 0 Å². The molecule has 3 N–H and O–H groups in total. The van der Waals surface area contributed by atoms with Gasteiger partial charge in [0.15, 0.2) is 0 Å². The van der Waals surface area contributed by atoms with E-state index in [1.165, 1.54) is 6.07 Å². The van der Waals surface area contributed by atoms with Gasteiger partial charge in [-0.1, -0.05) is 11.6 Å². The van der Waals surface area contributed by atoms with Gasteiger partial charge in [-0.2, -0.15) is 5.26 Å². The Morgan fingerprint density at radius 1 is 1.67 bits per heavy atom. The van der Waals surface area contributed by atoms with E-state index in [9.17, 15) is 4.79 Å². The van der Waals surface area contributed by atoms with Crippen LogP contribution in [-0.2, 0) is 4.79 Å². The molecule has 78 valence electrons. The molecule has 0 bridgehead atoms. The standard InChI is InChI=1S/C10H10ClN3O/c1-6(13)10(15)14-9-4-7(5-12)2-3-8(9)11/h2-4,6H,13H2,1H3,(H,14,15)/t6-/m0/s1. The minimum Gasteiger partial charge on any atom is -0.323 e. The number of nitrogens with two attached hydrogens (primary N) is 1. The third-order valence-corrected chi connectivity index (χ3v) is 2.10. The summed E-state index contributed by atoms with van der Waals surface area (Å²) in [6, 6.07) is 5.97. The maximum absolute atomic E-state index is 11.3. The van der Waals surface area contributed by atoms with Crippen molar-refractivity contribution in [2.24, 2.45) is 5.73 Å². The number of nitriles is 1. The summed E-state index contributed by atoms with van der Waals surface area (Å²) >= 11 is 5.84. The smallest absolute Gasteiger partial charge is 0.241 e. The Bertz CT molecular complexity index is 423. The first-order chi connectivity index (χ1) is 7.04. The van der Waals surface area contributed by atoms with E-state index in [4.69, 9.17) is 22.6 Å². The van der Waals surface area contributed by atoms with Crippen molar-refractivity contribution in [2.75, 3.05) is 5.32 Å². The summed E-state index contributed by atoms with van der Waals surface area (Å²) < 4.78 is 0. The molecule has 1 atom stereocenters. The number of halogens is 1. The number of amides is 1. The van der Waals surface area contributed by atoms with Crippen LogP contribution in [0.4, 0.5) is 5.69 Å². The normalized spacial score (nSPS) is 11.6. The van der Waals surface area contributed by atoms with Gasteiger partial charge >= 0.3 is 0 Å². The van der Waals surface area contributed by atoms with Gasteiger partial charge < -0.3 is 11.1 Å². The van der Waals surface area contributed by atoms with Crippen molar-refractivity contribution < 1.29 is 4.79 Å². The van der Waals surface area contributed by atoms with Gasteiger partial charge in [-0.15, -0.1) is 0 Å². The van der Waals surface area contributed by atoms with Crippen LogP contribution in [0.1, 0.15) is 12.5 Å². The number of benzene rings is 1. The molecule has 4 nitrogen and oxygen atoms in total. The van der Waals surface area contributed by atoms with Crippen LogP contribution in [0.25, 0.3) is 0 Å². The van der Waals surface area contributed by atoms with Crippen LogP contribution in [-0.4, -0.2) is 11.9 Å². The van der Waals surface area contributed by atoms with E-state index in [-0.39, 0.29) is 5.91 Å². The van der Waals surface area contributed by atoms with E-state index in [1.807, 2.05) is 6.07 Å². The number of hydrogen-bond acceptors (Lipinski definition) is 3. The van der Waals surface area contributed by atoms with Gasteiger partial charge in [0.05, 0.1) is 28.4 Å². The Hall–Kier alpha value is -1.57. The fraction of sp³-hybridized carbons (Fsp3) is 0.200. The number of carbonyl (C=O) groups is 1. The van der Waals surface area contributed by atoms with Crippen LogP contribution in [0.5, 0.6) is 0 Å². The van der Waals surface area contributed by atoms with Crippen molar-refractivity contribution in [1.29, 1.82) is 5.26 Å². The maximum atomic E-state index is 11.3. The molecule has 5 heteroatoms. The van der Waals surface area contributed by atoms with Crippen molar-refractivity contribution in [3.05, 3.63) is 28.8 Å². The molecule has 1 amide bonds. The molecule has 0 saturated carbocycles. The van der Waals surface area contributed by atoms with Gasteiger partial charge in [0.25, 0.3) is 0 Å². The van der Waals surface area contributed by atoms with Crippen molar-refractivity contribution in [3.63, 3.8) is 0 Å². The average Bonchev–Trinajstić information content (AvgIpc) is 2.21. The molecule has 1 aromatic carbocycles. The third kappa shape index (κ3) is 2.94. The molecule has 0 unspecified atom stereocenters. The molecule has 0 aliphatic heterocycles. The van der Waals surface area contributed by atoms with Crippen molar-refractivity contribution in [3.8, 4) is 6.07 Å². The molecule has 0 heterocycles. The van der Waals surface area contributed by atoms with E-state index < -0.39 is 6.04 Å². The first-order valence-corrected chi connectivity index (χ1v) is 4.68. The molecule has 0 aliphatic rings. The van der Waals surface area contributed by atoms with E-state index in [0.717, 1.165) is 0 Å². The molecular formula is C10H10ClN3O. The van der Waals surface area contributed by atoms with Gasteiger partial charge in [0, 0.05) is 0 Å². The highest BCUT2D eigenvalue weighted by Crippen LogP contribution is 2.22. The zero-order chi connectivity index (χ0) is 11.4. The number of nitrogens with zero attached hydrogens (tertiary/aromatic N) is 1. The maximum Gasteiger partial charge on any atom is 0.241 e. The lowest BCUT2D eigenvalue weighted by Gasteiger charge is -2.09. The number of rotatable bonds is 2. The topological polar surface area (TPSA) is 78.9 Å². The molecule has 1 rings (SSSR count). The summed E-state index contributed by atoms with van der Waals surface area (Å²) in [6.45, 7) is 1.57. The Morgan fingerprint density at radius 3 is 2.87 bits per heavy atom. The van der Waals surface area contributed by atoms with E-state index in [2.05, 4.69) is 5.32 Å². The minimum absolute atomic E-state index is 0.341. The summed E-state index contributed by atoms with van der Waals surface area (Å²) in [5.41, 5.74) is 6.22. The predicted molar refractivity (Wildman–Crippen MR) is 58.4 cm³/mol. The Balaban J connectivity index is 2.94. The van der Waals surface area contributed by atoms with Gasteiger partial charge in [0.1, 0.15) is 0 Å². The molecule has 0 fully saturated rings. The lowest BCUT2D eigenvalue weighted by molar-refractivity contribution is -0.117. The lowest BCUT2D eigenvalue weighted by Crippen LogP contribution is -2.32. The molecular weight excluding hydrogens is 214 g/mol. The first-order valence-electron chi connectivity index (χ1n) is 4.30. The van der Waals surface area contributed by atoms with Crippen molar-refractivity contribution in [2.45, 2.75) is 13.0 Å². The van der Waals surface area contributed by atoms with E-state index >= 15 is 0 Å². The van der Waals surface area contributed by atoms with Gasteiger partial charge in [-0.3, -0.25) is 4.79 Å². The zero-order valence-electron chi connectivity index (χ0n) is 8.12. The van der Waals surface area contributed by atoms with Crippen LogP contribution >= 0.6 is 11.6 Å². The van der Waals surface area contributed by atoms with Crippen molar-refractivity contribution in [1.82, 2.24) is 0 Å². The SMILES string of the molecule is C[C@H](N)C(=O)Nc1cc(C#N)ccc1Cl. The number of anilines is 1. The minimum atomic E-state index is -0.619. The second-order valence-electron chi connectivity index (χ2n) is 3.08. The van der Waals surface area contributed by atoms with E-state index in [1.54, 1.807) is 19.1 Å². The monoisotopic (exact) mass is 223 g/mol. The van der Waals surface area contributed by atoms with Gasteiger partial charge in [0.2, 0.25) is 5.91 Å². The summed E-state index contributed by atoms with van der Waals surface area (Å²) in [6.07, 6.45) is 0. The predicted octanol–water partition coefficient (Wildman–Crippen LogP) is 1.50. The Morgan fingerprint density at radius 2 is 2.33 bits per heavy atom. The van der Waals surface area contributed by atoms with Crippen LogP contribution in [0.15, 0.2) is 18.2 Å². The number of hydrogen-bond donors (Lipinski definition) is 2. The number of carbonyl (C=O) groups excluding carboxylic acids is 1. The molecule has 0 aliphatic carbocycles. The fourth-order valence-electron chi connectivity index (χ4n) is 0.937. The van der Waals surface area contributed by atoms with Crippen LogP contribution < -0.4 is 11.1 Å². The Labute approximate surface area is 92.6 Å². The summed E-state index contributed by atoms with van der Waals surface area (Å²) in [4.78, 5) is 11.3. The molecule has 0 radical (unpaired) electrons. The molecule has 1 aromatic rings. The van der Waals surface area contributed by atoms with Crippen LogP contribution in [0.2, 0.25) is 5.02 Å². The third-order valence-electron chi connectivity index (χ3n) is 1.77. The molecule has 0 aromatic heterocycles. The highest BCUT2D eigenvalue weighted by Gasteiger charge is 2.10. The van der Waals surface area contributed by atoms with Gasteiger partial charge in [-0.05, 0) is 25.1 Å². The van der Waals surface area contributed by atoms with Crippen molar-refractivity contribution >= 4 is 23.2 Å². The highest BCUT2D eigenvalue weighted by atomic mass is 35.5. The molecule has 15 heavy (non-hydrogen) atoms. The quantitative estimate of drug-likeness (QED) is 0.798. The number of nitrogens with one attached hydrogen (secondary N) is 1. The fourth-order valence-corrected chi connectivity index (χ4v) is 1.10. The van der Waals surface area contributed by atoms with E-state index in [0.29, 0.717) is 16.3 Å².